The normalized spacial score (nSPS) is 15.7. The van der Waals surface area contributed by atoms with Gasteiger partial charge in [0.15, 0.2) is 0 Å². The summed E-state index contributed by atoms with van der Waals surface area (Å²) in [6, 6.07) is 11.8. The van der Waals surface area contributed by atoms with E-state index in [1.807, 2.05) is 63.2 Å². The molecule has 1 unspecified atom stereocenters. The molecule has 4 N–H and O–H groups in total. The molecule has 10 nitrogen and oxygen atoms in total. The summed E-state index contributed by atoms with van der Waals surface area (Å²) in [5.74, 6) is -3.12. The molecule has 0 aromatic heterocycles. The largest absolute Gasteiger partial charge is 0.465 e. The molecule has 2 aromatic carbocycles. The topological polar surface area (TPSA) is 145 Å². The third-order valence-electron chi connectivity index (χ3n) is 7.15. The van der Waals surface area contributed by atoms with Gasteiger partial charge < -0.3 is 26.0 Å². The number of fused-ring (bicyclic) bond motifs is 1. The van der Waals surface area contributed by atoms with Crippen molar-refractivity contribution >= 4 is 40.4 Å². The fourth-order valence-electron chi connectivity index (χ4n) is 4.59. The van der Waals surface area contributed by atoms with Crippen molar-refractivity contribution in [3.63, 3.8) is 0 Å². The second-order valence-corrected chi connectivity index (χ2v) is 10.7. The lowest BCUT2D eigenvalue weighted by atomic mass is 9.91. The highest BCUT2D eigenvalue weighted by Crippen LogP contribution is 2.20. The molecule has 1 heterocycles. The van der Waals surface area contributed by atoms with Crippen LogP contribution in [0.15, 0.2) is 42.5 Å². The Kier molecular flexibility index (Phi) is 10.0. The molecule has 1 aliphatic heterocycles. The first-order valence-corrected chi connectivity index (χ1v) is 13.4. The maximum absolute atomic E-state index is 13.1. The summed E-state index contributed by atoms with van der Waals surface area (Å²) >= 11 is 0. The van der Waals surface area contributed by atoms with Crippen LogP contribution in [-0.4, -0.2) is 64.8 Å². The van der Waals surface area contributed by atoms with Crippen LogP contribution in [0.25, 0.3) is 10.8 Å². The smallest absolute Gasteiger partial charge is 0.405 e. The summed E-state index contributed by atoms with van der Waals surface area (Å²) in [5.41, 5.74) is 0.963. The minimum atomic E-state index is -1.34. The third kappa shape index (κ3) is 7.78. The fourth-order valence-corrected chi connectivity index (χ4v) is 4.59. The molecule has 4 amide bonds. The third-order valence-corrected chi connectivity index (χ3v) is 7.15. The van der Waals surface area contributed by atoms with Gasteiger partial charge >= 0.3 is 6.09 Å². The van der Waals surface area contributed by atoms with Crippen molar-refractivity contribution in [2.24, 2.45) is 17.8 Å². The predicted octanol–water partition coefficient (Wildman–Crippen LogP) is 2.70. The molecule has 3 atom stereocenters. The standard InChI is InChI=1S/C29H38N4O6/c1-5-18(4)24(32-27(36)23(12-17(2)3)31-29(38)39)25(34)28(37)33-15-22(16-33)26(35)30-14-19-10-11-20-8-6-7-9-21(20)13-19/h6-11,13,17-18,22-24,31H,5,12,14-16H2,1-4H3,(H,30,35)(H,32,36)(H,38,39)/t18-,23-,24?/m0/s1. The maximum atomic E-state index is 13.1. The summed E-state index contributed by atoms with van der Waals surface area (Å²) in [4.78, 5) is 64.1. The Balaban J connectivity index is 1.55. The lowest BCUT2D eigenvalue weighted by Gasteiger charge is -2.38. The second-order valence-electron chi connectivity index (χ2n) is 10.7. The van der Waals surface area contributed by atoms with Crippen molar-refractivity contribution in [3.8, 4) is 0 Å². The van der Waals surface area contributed by atoms with Crippen LogP contribution in [0.3, 0.4) is 0 Å². The molecule has 10 heteroatoms. The first-order valence-electron chi connectivity index (χ1n) is 13.4. The van der Waals surface area contributed by atoms with Crippen LogP contribution in [0.5, 0.6) is 0 Å². The van der Waals surface area contributed by atoms with E-state index in [9.17, 15) is 24.0 Å². The van der Waals surface area contributed by atoms with Crippen molar-refractivity contribution in [3.05, 3.63) is 48.0 Å². The Hall–Kier alpha value is -3.95. The number of nitrogens with one attached hydrogen (secondary N) is 3. The first kappa shape index (κ1) is 29.6. The van der Waals surface area contributed by atoms with Gasteiger partial charge in [-0.15, -0.1) is 0 Å². The summed E-state index contributed by atoms with van der Waals surface area (Å²) in [5, 5.41) is 19.0. The van der Waals surface area contributed by atoms with E-state index in [-0.39, 0.29) is 37.3 Å². The monoisotopic (exact) mass is 538 g/mol. The predicted molar refractivity (Wildman–Crippen MR) is 147 cm³/mol. The Bertz CT molecular complexity index is 1220. The molecule has 0 bridgehead atoms. The van der Waals surface area contributed by atoms with Gasteiger partial charge in [-0.2, -0.15) is 0 Å². The Morgan fingerprint density at radius 1 is 0.974 bits per heavy atom. The van der Waals surface area contributed by atoms with E-state index in [1.54, 1.807) is 6.92 Å². The van der Waals surface area contributed by atoms with Gasteiger partial charge in [0.25, 0.3) is 5.91 Å². The number of carbonyl (C=O) groups is 5. The molecule has 0 spiro atoms. The minimum absolute atomic E-state index is 0.0254. The summed E-state index contributed by atoms with van der Waals surface area (Å²) in [6.45, 7) is 7.88. The van der Waals surface area contributed by atoms with Gasteiger partial charge in [0, 0.05) is 19.6 Å². The van der Waals surface area contributed by atoms with Crippen molar-refractivity contribution in [2.45, 2.75) is 59.2 Å². The number of ketones is 1. The van der Waals surface area contributed by atoms with E-state index in [4.69, 9.17) is 5.11 Å². The molecule has 1 saturated heterocycles. The second kappa shape index (κ2) is 13.2. The van der Waals surface area contributed by atoms with Crippen LogP contribution in [0.1, 0.15) is 46.1 Å². The number of Topliss-reactive ketones (excluding diaryl/α,β-unsaturated/α-hetero) is 1. The number of carbonyl (C=O) groups excluding carboxylic acids is 4. The first-order chi connectivity index (χ1) is 18.5. The van der Waals surface area contributed by atoms with Crippen LogP contribution in [0.2, 0.25) is 0 Å². The highest BCUT2D eigenvalue weighted by molar-refractivity contribution is 6.38. The molecule has 1 fully saturated rings. The molecular formula is C29H38N4O6. The minimum Gasteiger partial charge on any atom is -0.465 e. The number of hydrogen-bond donors (Lipinski definition) is 4. The van der Waals surface area contributed by atoms with Gasteiger partial charge in [-0.1, -0.05) is 70.5 Å². The Labute approximate surface area is 228 Å². The van der Waals surface area contributed by atoms with Gasteiger partial charge in [0.2, 0.25) is 17.6 Å². The molecule has 1 aliphatic rings. The molecule has 3 rings (SSSR count). The van der Waals surface area contributed by atoms with Crippen molar-refractivity contribution < 1.29 is 29.1 Å². The van der Waals surface area contributed by atoms with Crippen LogP contribution < -0.4 is 16.0 Å². The highest BCUT2D eigenvalue weighted by atomic mass is 16.4. The van der Waals surface area contributed by atoms with E-state index in [1.165, 1.54) is 4.90 Å². The lowest BCUT2D eigenvalue weighted by Crippen LogP contribution is -2.61. The SMILES string of the molecule is CC[C@H](C)C(NC(=O)[C@H](CC(C)C)NC(=O)O)C(=O)C(=O)N1CC(C(=O)NCc2ccc3ccccc3c2)C1. The van der Waals surface area contributed by atoms with E-state index in [2.05, 4.69) is 16.0 Å². The average molecular weight is 539 g/mol. The fraction of sp³-hybridized carbons (Fsp3) is 0.483. The van der Waals surface area contributed by atoms with Crippen LogP contribution in [0.4, 0.5) is 4.79 Å². The molecular weight excluding hydrogens is 500 g/mol. The van der Waals surface area contributed by atoms with Gasteiger partial charge in [-0.25, -0.2) is 4.79 Å². The number of benzene rings is 2. The molecule has 0 radical (unpaired) electrons. The zero-order chi connectivity index (χ0) is 28.7. The summed E-state index contributed by atoms with van der Waals surface area (Å²) in [6.07, 6.45) is -0.579. The highest BCUT2D eigenvalue weighted by Gasteiger charge is 2.41. The number of hydrogen-bond acceptors (Lipinski definition) is 5. The van der Waals surface area contributed by atoms with Gasteiger partial charge in [-0.3, -0.25) is 19.2 Å². The van der Waals surface area contributed by atoms with Crippen molar-refractivity contribution in [1.82, 2.24) is 20.9 Å². The van der Waals surface area contributed by atoms with E-state index >= 15 is 0 Å². The molecule has 210 valence electrons. The van der Waals surface area contributed by atoms with Crippen LogP contribution in [0, 0.1) is 17.8 Å². The molecule has 0 aliphatic carbocycles. The molecule has 39 heavy (non-hydrogen) atoms. The molecule has 2 aromatic rings. The summed E-state index contributed by atoms with van der Waals surface area (Å²) in [7, 11) is 0. The number of amides is 4. The van der Waals surface area contributed by atoms with Crippen molar-refractivity contribution in [2.75, 3.05) is 13.1 Å². The van der Waals surface area contributed by atoms with Crippen LogP contribution in [-0.2, 0) is 25.7 Å². The Morgan fingerprint density at radius 3 is 2.26 bits per heavy atom. The maximum Gasteiger partial charge on any atom is 0.405 e. The Morgan fingerprint density at radius 2 is 1.64 bits per heavy atom. The molecule has 0 saturated carbocycles. The quantitative estimate of drug-likeness (QED) is 0.306. The number of carboxylic acid groups (broad SMARTS) is 1. The number of nitrogens with zero attached hydrogens (tertiary/aromatic N) is 1. The zero-order valence-electron chi connectivity index (χ0n) is 22.9. The van der Waals surface area contributed by atoms with Crippen LogP contribution >= 0.6 is 0 Å². The van der Waals surface area contributed by atoms with Gasteiger partial charge in [0.05, 0.1) is 12.0 Å². The number of likely N-dealkylation sites (tertiary alicyclic amines) is 1. The van der Waals surface area contributed by atoms with E-state index in [0.717, 1.165) is 16.3 Å². The zero-order valence-corrected chi connectivity index (χ0v) is 22.9. The van der Waals surface area contributed by atoms with Gasteiger partial charge in [-0.05, 0) is 40.7 Å². The number of rotatable bonds is 12. The summed E-state index contributed by atoms with van der Waals surface area (Å²) < 4.78 is 0. The van der Waals surface area contributed by atoms with E-state index in [0.29, 0.717) is 13.0 Å². The average Bonchev–Trinajstić information content (AvgIpc) is 2.87. The van der Waals surface area contributed by atoms with Gasteiger partial charge in [0.1, 0.15) is 6.04 Å². The lowest BCUT2D eigenvalue weighted by molar-refractivity contribution is -0.153. The van der Waals surface area contributed by atoms with E-state index < -0.39 is 41.7 Å². The van der Waals surface area contributed by atoms with Crippen molar-refractivity contribution in [1.29, 1.82) is 0 Å².